The Morgan fingerprint density at radius 3 is 2.83 bits per heavy atom. The second kappa shape index (κ2) is 5.30. The van der Waals surface area contributed by atoms with E-state index >= 15 is 0 Å². The summed E-state index contributed by atoms with van der Waals surface area (Å²) in [5, 5.41) is 14.0. The van der Waals surface area contributed by atoms with Crippen LogP contribution in [0.15, 0.2) is 12.1 Å². The van der Waals surface area contributed by atoms with Gasteiger partial charge in [-0.15, -0.1) is 0 Å². The van der Waals surface area contributed by atoms with Crippen LogP contribution in [0.3, 0.4) is 0 Å². The second-order valence-electron chi connectivity index (χ2n) is 4.31. The van der Waals surface area contributed by atoms with Gasteiger partial charge in [-0.05, 0) is 19.4 Å². The van der Waals surface area contributed by atoms with Crippen LogP contribution in [0.4, 0.5) is 10.1 Å². The number of nitrogens with one attached hydrogen (secondary N) is 1. The molecule has 0 saturated carbocycles. The molecule has 98 valence electrons. The van der Waals surface area contributed by atoms with Crippen LogP contribution in [-0.4, -0.2) is 18.6 Å². The number of hydrogen-bond acceptors (Lipinski definition) is 4. The van der Waals surface area contributed by atoms with Gasteiger partial charge in [0.2, 0.25) is 0 Å². The zero-order valence-corrected chi connectivity index (χ0v) is 10.1. The predicted octanol–water partition coefficient (Wildman–Crippen LogP) is 2.56. The summed E-state index contributed by atoms with van der Waals surface area (Å²) in [6, 6.07) is 2.21. The quantitative estimate of drug-likeness (QED) is 0.665. The Morgan fingerprint density at radius 2 is 2.28 bits per heavy atom. The van der Waals surface area contributed by atoms with Gasteiger partial charge in [0, 0.05) is 17.7 Å². The van der Waals surface area contributed by atoms with Crippen molar-refractivity contribution in [3.63, 3.8) is 0 Å². The number of piperidine rings is 1. The van der Waals surface area contributed by atoms with E-state index in [-0.39, 0.29) is 17.5 Å². The third kappa shape index (κ3) is 2.43. The number of benzene rings is 1. The average molecular weight is 254 g/mol. The summed E-state index contributed by atoms with van der Waals surface area (Å²) >= 11 is 0. The van der Waals surface area contributed by atoms with Crippen molar-refractivity contribution in [3.05, 3.63) is 33.6 Å². The molecule has 1 fully saturated rings. The van der Waals surface area contributed by atoms with E-state index in [1.165, 1.54) is 13.2 Å². The molecular weight excluding hydrogens is 239 g/mol. The van der Waals surface area contributed by atoms with Gasteiger partial charge >= 0.3 is 0 Å². The highest BCUT2D eigenvalue weighted by atomic mass is 19.1. The molecular formula is C12H15FN2O3. The molecule has 1 N–H and O–H groups in total. The molecule has 1 aliphatic heterocycles. The fraction of sp³-hybridized carbons (Fsp3) is 0.500. The Balaban J connectivity index is 2.44. The van der Waals surface area contributed by atoms with Gasteiger partial charge in [-0.2, -0.15) is 0 Å². The zero-order valence-electron chi connectivity index (χ0n) is 10.1. The van der Waals surface area contributed by atoms with E-state index in [2.05, 4.69) is 5.32 Å². The van der Waals surface area contributed by atoms with Gasteiger partial charge in [0.1, 0.15) is 0 Å². The Kier molecular flexibility index (Phi) is 3.76. The van der Waals surface area contributed by atoms with Crippen LogP contribution >= 0.6 is 0 Å². The van der Waals surface area contributed by atoms with Crippen LogP contribution < -0.4 is 10.1 Å². The Bertz CT molecular complexity index is 459. The Morgan fingerprint density at radius 1 is 1.50 bits per heavy atom. The number of non-ortho nitro benzene ring substituents is 1. The first-order chi connectivity index (χ1) is 8.63. The van der Waals surface area contributed by atoms with Gasteiger partial charge in [-0.3, -0.25) is 10.1 Å². The van der Waals surface area contributed by atoms with E-state index in [9.17, 15) is 14.5 Å². The van der Waals surface area contributed by atoms with E-state index in [4.69, 9.17) is 4.74 Å². The number of nitrogens with zero attached hydrogens (tertiary/aromatic N) is 1. The number of halogens is 1. The van der Waals surface area contributed by atoms with Gasteiger partial charge in [0.05, 0.1) is 18.1 Å². The first-order valence-corrected chi connectivity index (χ1v) is 5.88. The minimum absolute atomic E-state index is 0.0805. The van der Waals surface area contributed by atoms with Crippen molar-refractivity contribution >= 4 is 5.69 Å². The highest BCUT2D eigenvalue weighted by molar-refractivity contribution is 5.46. The summed E-state index contributed by atoms with van der Waals surface area (Å²) < 4.78 is 18.8. The predicted molar refractivity (Wildman–Crippen MR) is 64.2 cm³/mol. The molecule has 0 aliphatic carbocycles. The molecule has 1 aromatic rings. The number of nitro groups is 1. The van der Waals surface area contributed by atoms with E-state index in [1.54, 1.807) is 0 Å². The lowest BCUT2D eigenvalue weighted by Crippen LogP contribution is -2.27. The molecule has 6 heteroatoms. The van der Waals surface area contributed by atoms with E-state index in [1.807, 2.05) is 0 Å². The van der Waals surface area contributed by atoms with Crippen LogP contribution in [0.25, 0.3) is 0 Å². The summed E-state index contributed by atoms with van der Waals surface area (Å²) in [7, 11) is 1.37. The molecule has 1 unspecified atom stereocenters. The summed E-state index contributed by atoms with van der Waals surface area (Å²) in [5.74, 6) is -0.589. The maximum absolute atomic E-state index is 13.8. The number of ether oxygens (including phenoxy) is 1. The molecule has 0 spiro atoms. The zero-order chi connectivity index (χ0) is 13.1. The smallest absolute Gasteiger partial charge is 0.272 e. The lowest BCUT2D eigenvalue weighted by atomic mass is 9.96. The molecule has 1 saturated heterocycles. The second-order valence-corrected chi connectivity index (χ2v) is 4.31. The molecule has 1 aliphatic rings. The molecule has 1 atom stereocenters. The minimum Gasteiger partial charge on any atom is -0.493 e. The van der Waals surface area contributed by atoms with E-state index in [0.29, 0.717) is 5.56 Å². The molecule has 1 heterocycles. The molecule has 1 aromatic carbocycles. The van der Waals surface area contributed by atoms with Crippen LogP contribution in [0.5, 0.6) is 5.75 Å². The molecule has 2 rings (SSSR count). The van der Waals surface area contributed by atoms with Crippen molar-refractivity contribution in [2.24, 2.45) is 0 Å². The maximum Gasteiger partial charge on any atom is 0.272 e. The van der Waals surface area contributed by atoms with Gasteiger partial charge in [-0.25, -0.2) is 4.39 Å². The highest BCUT2D eigenvalue weighted by Gasteiger charge is 2.24. The standard InChI is InChI=1S/C12H15FN2O3/c1-18-12-9(11-4-2-3-5-14-11)6-8(15(16)17)7-10(12)13/h6-7,11,14H,2-5H2,1H3. The van der Waals surface area contributed by atoms with Crippen LogP contribution in [0.2, 0.25) is 0 Å². The first kappa shape index (κ1) is 12.8. The lowest BCUT2D eigenvalue weighted by Gasteiger charge is -2.25. The largest absolute Gasteiger partial charge is 0.493 e. The van der Waals surface area contributed by atoms with Gasteiger partial charge in [0.25, 0.3) is 5.69 Å². The minimum atomic E-state index is -0.686. The Hall–Kier alpha value is -1.69. The van der Waals surface area contributed by atoms with Gasteiger partial charge in [-0.1, -0.05) is 6.42 Å². The topological polar surface area (TPSA) is 64.4 Å². The van der Waals surface area contributed by atoms with Gasteiger partial charge < -0.3 is 10.1 Å². The van der Waals surface area contributed by atoms with Gasteiger partial charge in [0.15, 0.2) is 11.6 Å². The normalized spacial score (nSPS) is 19.6. The summed E-state index contributed by atoms with van der Waals surface area (Å²) in [4.78, 5) is 10.2. The Labute approximate surface area is 104 Å². The molecule has 18 heavy (non-hydrogen) atoms. The fourth-order valence-electron chi connectivity index (χ4n) is 2.30. The molecule has 0 bridgehead atoms. The molecule has 0 radical (unpaired) electrons. The molecule has 0 aromatic heterocycles. The number of hydrogen-bond donors (Lipinski definition) is 1. The van der Waals surface area contributed by atoms with E-state index < -0.39 is 10.7 Å². The van der Waals surface area contributed by atoms with E-state index in [0.717, 1.165) is 31.9 Å². The summed E-state index contributed by atoms with van der Waals surface area (Å²) in [6.07, 6.45) is 2.92. The van der Waals surface area contributed by atoms with Crippen molar-refractivity contribution in [1.29, 1.82) is 0 Å². The third-order valence-corrected chi connectivity index (χ3v) is 3.16. The van der Waals surface area contributed by atoms with Crippen LogP contribution in [0, 0.1) is 15.9 Å². The average Bonchev–Trinajstić information content (AvgIpc) is 2.38. The number of nitro benzene ring substituents is 1. The van der Waals surface area contributed by atoms with Crippen molar-refractivity contribution in [3.8, 4) is 5.75 Å². The molecule has 5 nitrogen and oxygen atoms in total. The first-order valence-electron chi connectivity index (χ1n) is 5.88. The fourth-order valence-corrected chi connectivity index (χ4v) is 2.30. The maximum atomic E-state index is 13.8. The SMILES string of the molecule is COc1c(F)cc([N+](=O)[O-])cc1C1CCCCN1. The lowest BCUT2D eigenvalue weighted by molar-refractivity contribution is -0.385. The van der Waals surface area contributed by atoms with Crippen molar-refractivity contribution in [2.45, 2.75) is 25.3 Å². The van der Waals surface area contributed by atoms with Crippen molar-refractivity contribution < 1.29 is 14.1 Å². The number of methoxy groups -OCH3 is 1. The number of rotatable bonds is 3. The monoisotopic (exact) mass is 254 g/mol. The van der Waals surface area contributed by atoms with Crippen LogP contribution in [-0.2, 0) is 0 Å². The molecule has 0 amide bonds. The summed E-state index contributed by atoms with van der Waals surface area (Å²) in [5.41, 5.74) is 0.291. The van der Waals surface area contributed by atoms with Crippen molar-refractivity contribution in [1.82, 2.24) is 5.32 Å². The van der Waals surface area contributed by atoms with Crippen LogP contribution in [0.1, 0.15) is 30.9 Å². The third-order valence-electron chi connectivity index (χ3n) is 3.16. The summed E-state index contributed by atoms with van der Waals surface area (Å²) in [6.45, 7) is 0.831. The highest BCUT2D eigenvalue weighted by Crippen LogP contribution is 2.35. The van der Waals surface area contributed by atoms with Crippen molar-refractivity contribution in [2.75, 3.05) is 13.7 Å².